The molecule has 0 spiro atoms. The fourth-order valence-corrected chi connectivity index (χ4v) is 3.58. The van der Waals surface area contributed by atoms with E-state index in [1.165, 1.54) is 21.6 Å². The first-order valence-corrected chi connectivity index (χ1v) is 7.62. The van der Waals surface area contributed by atoms with Crippen LogP contribution in [0.3, 0.4) is 0 Å². The Labute approximate surface area is 120 Å². The quantitative estimate of drug-likeness (QED) is 0.634. The van der Waals surface area contributed by atoms with Crippen LogP contribution in [0.4, 0.5) is 0 Å². The third-order valence-corrected chi connectivity index (χ3v) is 5.35. The average molecular weight is 330 g/mol. The van der Waals surface area contributed by atoms with Crippen LogP contribution in [0.15, 0.2) is 30.3 Å². The van der Waals surface area contributed by atoms with E-state index in [1.807, 2.05) is 6.07 Å². The minimum Gasteiger partial charge on any atom is -0.127 e. The SMILES string of the molecule is Cc1ccc(CC(Br)c2ccc(Cl)s2)cc1C. The lowest BCUT2D eigenvalue weighted by Gasteiger charge is -2.09. The van der Waals surface area contributed by atoms with Crippen LogP contribution in [0.25, 0.3) is 0 Å². The van der Waals surface area contributed by atoms with E-state index in [9.17, 15) is 0 Å². The van der Waals surface area contributed by atoms with E-state index in [-0.39, 0.29) is 0 Å². The van der Waals surface area contributed by atoms with Gasteiger partial charge in [0.2, 0.25) is 0 Å². The number of hydrogen-bond acceptors (Lipinski definition) is 1. The molecule has 0 nitrogen and oxygen atoms in total. The summed E-state index contributed by atoms with van der Waals surface area (Å²) in [6, 6.07) is 10.7. The number of halogens is 2. The van der Waals surface area contributed by atoms with Gasteiger partial charge in [-0.2, -0.15) is 0 Å². The van der Waals surface area contributed by atoms with E-state index in [4.69, 9.17) is 11.6 Å². The molecule has 2 rings (SSSR count). The van der Waals surface area contributed by atoms with Gasteiger partial charge in [-0.15, -0.1) is 11.3 Å². The van der Waals surface area contributed by atoms with Crippen molar-refractivity contribution >= 4 is 38.9 Å². The molecule has 1 aromatic carbocycles. The number of alkyl halides is 1. The highest BCUT2D eigenvalue weighted by molar-refractivity contribution is 9.09. The second-order valence-electron chi connectivity index (χ2n) is 4.23. The van der Waals surface area contributed by atoms with Gasteiger partial charge in [-0.1, -0.05) is 45.7 Å². The molecule has 0 saturated heterocycles. The maximum Gasteiger partial charge on any atom is 0.0931 e. The van der Waals surface area contributed by atoms with Crippen molar-refractivity contribution in [3.63, 3.8) is 0 Å². The minimum atomic E-state index is 0.349. The van der Waals surface area contributed by atoms with Crippen LogP contribution in [0.1, 0.15) is 26.4 Å². The molecule has 1 atom stereocenters. The van der Waals surface area contributed by atoms with E-state index in [0.29, 0.717) is 4.83 Å². The predicted molar refractivity (Wildman–Crippen MR) is 80.6 cm³/mol. The van der Waals surface area contributed by atoms with Gasteiger partial charge in [0.15, 0.2) is 0 Å². The molecule has 0 aliphatic rings. The number of rotatable bonds is 3. The zero-order chi connectivity index (χ0) is 12.4. The Morgan fingerprint density at radius 2 is 1.94 bits per heavy atom. The van der Waals surface area contributed by atoms with Gasteiger partial charge in [-0.25, -0.2) is 0 Å². The van der Waals surface area contributed by atoms with Crippen LogP contribution >= 0.6 is 38.9 Å². The topological polar surface area (TPSA) is 0 Å². The van der Waals surface area contributed by atoms with Gasteiger partial charge in [0, 0.05) is 4.88 Å². The first kappa shape index (κ1) is 13.1. The Balaban J connectivity index is 2.12. The van der Waals surface area contributed by atoms with Gasteiger partial charge in [0.25, 0.3) is 0 Å². The maximum atomic E-state index is 5.95. The zero-order valence-electron chi connectivity index (χ0n) is 9.84. The largest absolute Gasteiger partial charge is 0.127 e. The lowest BCUT2D eigenvalue weighted by molar-refractivity contribution is 0.965. The molecule has 2 aromatic rings. The van der Waals surface area contributed by atoms with E-state index in [1.54, 1.807) is 11.3 Å². The van der Waals surface area contributed by atoms with Crippen molar-refractivity contribution in [1.82, 2.24) is 0 Å². The number of thiophene rings is 1. The molecule has 1 heterocycles. The van der Waals surface area contributed by atoms with Gasteiger partial charge in [0.1, 0.15) is 0 Å². The predicted octanol–water partition coefficient (Wildman–Crippen LogP) is 5.70. The van der Waals surface area contributed by atoms with Crippen molar-refractivity contribution in [2.24, 2.45) is 0 Å². The van der Waals surface area contributed by atoms with Crippen molar-refractivity contribution in [3.05, 3.63) is 56.2 Å². The van der Waals surface area contributed by atoms with Gasteiger partial charge in [-0.3, -0.25) is 0 Å². The van der Waals surface area contributed by atoms with Crippen LogP contribution in [0, 0.1) is 13.8 Å². The van der Waals surface area contributed by atoms with E-state index in [0.717, 1.165) is 10.8 Å². The molecule has 0 fully saturated rings. The van der Waals surface area contributed by atoms with Crippen molar-refractivity contribution in [3.8, 4) is 0 Å². The molecule has 0 bridgehead atoms. The number of benzene rings is 1. The second kappa shape index (κ2) is 5.55. The molecule has 1 unspecified atom stereocenters. The van der Waals surface area contributed by atoms with Crippen LogP contribution in [-0.4, -0.2) is 0 Å². The lowest BCUT2D eigenvalue weighted by atomic mass is 10.0. The summed E-state index contributed by atoms with van der Waals surface area (Å²) in [5.74, 6) is 0. The molecule has 0 saturated carbocycles. The fourth-order valence-electron chi connectivity index (χ4n) is 1.73. The van der Waals surface area contributed by atoms with Crippen LogP contribution in [0.2, 0.25) is 4.34 Å². The molecule has 0 radical (unpaired) electrons. The summed E-state index contributed by atoms with van der Waals surface area (Å²) in [5.41, 5.74) is 4.06. The molecule has 1 aromatic heterocycles. The highest BCUT2D eigenvalue weighted by Crippen LogP contribution is 2.34. The van der Waals surface area contributed by atoms with Crippen molar-refractivity contribution in [2.75, 3.05) is 0 Å². The molecule has 90 valence electrons. The third kappa shape index (κ3) is 3.34. The molecule has 0 N–H and O–H groups in total. The van der Waals surface area contributed by atoms with Crippen LogP contribution in [0.5, 0.6) is 0 Å². The summed E-state index contributed by atoms with van der Waals surface area (Å²) in [5, 5.41) is 0. The highest BCUT2D eigenvalue weighted by atomic mass is 79.9. The number of aryl methyl sites for hydroxylation is 2. The Bertz CT molecular complexity index is 519. The summed E-state index contributed by atoms with van der Waals surface area (Å²) in [4.78, 5) is 1.63. The molecule has 3 heteroatoms. The summed E-state index contributed by atoms with van der Waals surface area (Å²) < 4.78 is 0.851. The van der Waals surface area contributed by atoms with Crippen LogP contribution in [-0.2, 0) is 6.42 Å². The second-order valence-corrected chi connectivity index (χ2v) is 7.08. The van der Waals surface area contributed by atoms with Gasteiger partial charge in [-0.05, 0) is 49.1 Å². The molecule has 17 heavy (non-hydrogen) atoms. The summed E-state index contributed by atoms with van der Waals surface area (Å²) >= 11 is 11.3. The standard InChI is InChI=1S/C14H14BrClS/c1-9-3-4-11(7-10(9)2)8-12(15)13-5-6-14(16)17-13/h3-7,12H,8H2,1-2H3. The smallest absolute Gasteiger partial charge is 0.0931 e. The van der Waals surface area contributed by atoms with Crippen molar-refractivity contribution < 1.29 is 0 Å². The van der Waals surface area contributed by atoms with Crippen molar-refractivity contribution in [2.45, 2.75) is 25.1 Å². The maximum absolute atomic E-state index is 5.95. The monoisotopic (exact) mass is 328 g/mol. The first-order valence-electron chi connectivity index (χ1n) is 5.51. The van der Waals surface area contributed by atoms with E-state index >= 15 is 0 Å². The Hall–Kier alpha value is -0.310. The Morgan fingerprint density at radius 3 is 2.53 bits per heavy atom. The van der Waals surface area contributed by atoms with Crippen LogP contribution < -0.4 is 0 Å². The molecular formula is C14H14BrClS. The van der Waals surface area contributed by atoms with E-state index in [2.05, 4.69) is 54.0 Å². The molecule has 0 aliphatic heterocycles. The van der Waals surface area contributed by atoms with Gasteiger partial charge < -0.3 is 0 Å². The minimum absolute atomic E-state index is 0.349. The van der Waals surface area contributed by atoms with E-state index < -0.39 is 0 Å². The zero-order valence-corrected chi connectivity index (χ0v) is 13.0. The number of hydrogen-bond donors (Lipinski definition) is 0. The van der Waals surface area contributed by atoms with Gasteiger partial charge >= 0.3 is 0 Å². The third-order valence-electron chi connectivity index (χ3n) is 2.89. The normalized spacial score (nSPS) is 12.7. The van der Waals surface area contributed by atoms with Crippen molar-refractivity contribution in [1.29, 1.82) is 0 Å². The fraction of sp³-hybridized carbons (Fsp3) is 0.286. The Morgan fingerprint density at radius 1 is 1.18 bits per heavy atom. The van der Waals surface area contributed by atoms with Gasteiger partial charge in [0.05, 0.1) is 9.16 Å². The summed E-state index contributed by atoms with van der Waals surface area (Å²) in [6.45, 7) is 4.30. The molecular weight excluding hydrogens is 316 g/mol. The summed E-state index contributed by atoms with van der Waals surface area (Å²) in [6.07, 6.45) is 0.998. The first-order chi connectivity index (χ1) is 8.06. The molecule has 0 aliphatic carbocycles. The Kier molecular flexibility index (Phi) is 4.29. The summed E-state index contributed by atoms with van der Waals surface area (Å²) in [7, 11) is 0. The lowest BCUT2D eigenvalue weighted by Crippen LogP contribution is -1.94. The molecule has 0 amide bonds. The average Bonchev–Trinajstić information content (AvgIpc) is 2.70. The highest BCUT2D eigenvalue weighted by Gasteiger charge is 2.11.